The van der Waals surface area contributed by atoms with Gasteiger partial charge in [0.2, 0.25) is 0 Å². The largest absolute Gasteiger partial charge is 0.393 e. The van der Waals surface area contributed by atoms with Crippen LogP contribution in [0.2, 0.25) is 0 Å². The molecule has 0 spiro atoms. The lowest BCUT2D eigenvalue weighted by atomic mass is 9.68. The summed E-state index contributed by atoms with van der Waals surface area (Å²) >= 11 is 0. The molecule has 1 aliphatic carbocycles. The topological polar surface area (TPSA) is 72.3 Å². The number of ether oxygens (including phenoxy) is 1. The van der Waals surface area contributed by atoms with E-state index in [4.69, 9.17) is 4.74 Å². The molecule has 2 aliphatic rings. The summed E-state index contributed by atoms with van der Waals surface area (Å²) < 4.78 is 6.51. The molecule has 1 saturated carbocycles. The Hall–Kier alpha value is -2.03. The van der Waals surface area contributed by atoms with Gasteiger partial charge in [0.15, 0.2) is 6.19 Å². The molecule has 0 radical (unpaired) electrons. The lowest BCUT2D eigenvalue weighted by molar-refractivity contribution is -0.0372. The van der Waals surface area contributed by atoms with E-state index < -0.39 is 0 Å². The van der Waals surface area contributed by atoms with Gasteiger partial charge in [-0.25, -0.2) is 0 Å². The van der Waals surface area contributed by atoms with Crippen LogP contribution in [0.3, 0.4) is 0 Å². The van der Waals surface area contributed by atoms with Crippen molar-refractivity contribution < 1.29 is 9.84 Å². The summed E-state index contributed by atoms with van der Waals surface area (Å²) in [5.41, 5.74) is 3.61. The summed E-state index contributed by atoms with van der Waals surface area (Å²) in [4.78, 5) is 5.61. The van der Waals surface area contributed by atoms with E-state index in [2.05, 4.69) is 49.3 Å². The number of rotatable bonds is 4. The van der Waals surface area contributed by atoms with E-state index in [9.17, 15) is 10.4 Å². The van der Waals surface area contributed by atoms with Crippen LogP contribution in [0.25, 0.3) is 10.9 Å². The molecule has 4 rings (SSSR count). The van der Waals surface area contributed by atoms with Gasteiger partial charge in [-0.15, -0.1) is 0 Å². The number of benzene rings is 1. The number of nitrogens with zero attached hydrogens (tertiary/aromatic N) is 2. The molecule has 0 saturated heterocycles. The minimum Gasteiger partial charge on any atom is -0.393 e. The van der Waals surface area contributed by atoms with Crippen LogP contribution >= 0.6 is 0 Å². The zero-order chi connectivity index (χ0) is 21.1. The smallest absolute Gasteiger partial charge is 0.179 e. The first-order chi connectivity index (χ1) is 14.6. The summed E-state index contributed by atoms with van der Waals surface area (Å²) in [7, 11) is 0. The summed E-state index contributed by atoms with van der Waals surface area (Å²) in [5.74, 6) is 0.980. The van der Waals surface area contributed by atoms with Crippen molar-refractivity contribution in [3.63, 3.8) is 0 Å². The predicted octanol–water partition coefficient (Wildman–Crippen LogP) is 4.78. The van der Waals surface area contributed by atoms with Crippen LogP contribution in [0.5, 0.6) is 0 Å². The molecule has 0 amide bonds. The average molecular weight is 410 g/mol. The molecule has 1 fully saturated rings. The Bertz CT molecular complexity index is 886. The highest BCUT2D eigenvalue weighted by Gasteiger charge is 2.39. The number of hydrogen-bond acceptors (Lipinski definition) is 4. The molecule has 5 atom stereocenters. The van der Waals surface area contributed by atoms with E-state index in [0.29, 0.717) is 11.8 Å². The standard InChI is InChI=1S/C25H35N3O2/c1-3-4-13-30-24-14-21-17(2)23(29)10-9-18(21)15-28(16-26)12-11-20-19-7-5-6-8-22(19)27-25(20)24/h5-8,17-18,21,23-24,27,29H,3-4,9-15H2,1-2H3/t17-,18+,21-,23+,24-/m1/s1. The van der Waals surface area contributed by atoms with Crippen molar-refractivity contribution in [2.24, 2.45) is 17.8 Å². The average Bonchev–Trinajstić information content (AvgIpc) is 3.13. The molecule has 2 heterocycles. The van der Waals surface area contributed by atoms with Crippen molar-refractivity contribution in [3.05, 3.63) is 35.5 Å². The molecule has 1 aromatic heterocycles. The number of unbranched alkanes of at least 4 members (excludes halogenated alkanes) is 1. The maximum atomic E-state index is 10.6. The van der Waals surface area contributed by atoms with Crippen molar-refractivity contribution in [3.8, 4) is 6.19 Å². The Morgan fingerprint density at radius 2 is 2.13 bits per heavy atom. The summed E-state index contributed by atoms with van der Waals surface area (Å²) in [6.07, 6.45) is 7.90. The van der Waals surface area contributed by atoms with Gasteiger partial charge in [0.1, 0.15) is 0 Å². The monoisotopic (exact) mass is 409 g/mol. The molecular weight excluding hydrogens is 374 g/mol. The number of aliphatic hydroxyl groups excluding tert-OH is 1. The maximum Gasteiger partial charge on any atom is 0.179 e. The second-order valence-electron chi connectivity index (χ2n) is 9.24. The number of H-pyrrole nitrogens is 1. The Balaban J connectivity index is 1.76. The Morgan fingerprint density at radius 1 is 1.30 bits per heavy atom. The van der Waals surface area contributed by atoms with Crippen molar-refractivity contribution >= 4 is 10.9 Å². The number of aromatic nitrogens is 1. The third kappa shape index (κ3) is 4.22. The quantitative estimate of drug-likeness (QED) is 0.563. The van der Waals surface area contributed by atoms with Gasteiger partial charge in [0.05, 0.1) is 12.2 Å². The van der Waals surface area contributed by atoms with Crippen LogP contribution in [0.15, 0.2) is 24.3 Å². The van der Waals surface area contributed by atoms with E-state index in [1.807, 2.05) is 4.90 Å². The van der Waals surface area contributed by atoms with Crippen LogP contribution in [0.1, 0.15) is 63.3 Å². The fourth-order valence-electron chi connectivity index (χ4n) is 5.57. The van der Waals surface area contributed by atoms with Gasteiger partial charge in [-0.1, -0.05) is 38.5 Å². The van der Waals surface area contributed by atoms with Crippen molar-refractivity contribution in [1.29, 1.82) is 5.26 Å². The third-order valence-corrected chi connectivity index (χ3v) is 7.42. The van der Waals surface area contributed by atoms with Crippen molar-refractivity contribution in [2.75, 3.05) is 19.7 Å². The number of nitrogens with one attached hydrogen (secondary N) is 1. The van der Waals surface area contributed by atoms with Crippen LogP contribution in [0, 0.1) is 29.2 Å². The summed E-state index contributed by atoms with van der Waals surface area (Å²) in [6, 6.07) is 8.45. The van der Waals surface area contributed by atoms with Gasteiger partial charge in [-0.3, -0.25) is 0 Å². The molecular formula is C25H35N3O2. The number of aliphatic hydroxyl groups is 1. The zero-order valence-corrected chi connectivity index (χ0v) is 18.3. The van der Waals surface area contributed by atoms with Crippen LogP contribution < -0.4 is 0 Å². The number of hydrogen-bond donors (Lipinski definition) is 2. The molecule has 0 unspecified atom stereocenters. The normalized spacial score (nSPS) is 29.8. The molecule has 162 valence electrons. The lowest BCUT2D eigenvalue weighted by Crippen LogP contribution is -2.42. The highest BCUT2D eigenvalue weighted by atomic mass is 16.5. The van der Waals surface area contributed by atoms with Gasteiger partial charge in [-0.05, 0) is 61.5 Å². The van der Waals surface area contributed by atoms with Crippen molar-refractivity contribution in [1.82, 2.24) is 9.88 Å². The second kappa shape index (κ2) is 9.41. The highest BCUT2D eigenvalue weighted by molar-refractivity contribution is 5.84. The number of nitriles is 1. The Labute approximate surface area is 180 Å². The van der Waals surface area contributed by atoms with Gasteiger partial charge in [0.25, 0.3) is 0 Å². The highest BCUT2D eigenvalue weighted by Crippen LogP contribution is 2.43. The fourth-order valence-corrected chi connectivity index (χ4v) is 5.57. The molecule has 5 nitrogen and oxygen atoms in total. The fraction of sp³-hybridized carbons (Fsp3) is 0.640. The van der Waals surface area contributed by atoms with Gasteiger partial charge >= 0.3 is 0 Å². The van der Waals surface area contributed by atoms with Crippen LogP contribution in [-0.2, 0) is 11.2 Å². The van der Waals surface area contributed by atoms with Crippen molar-refractivity contribution in [2.45, 2.75) is 64.6 Å². The lowest BCUT2D eigenvalue weighted by Gasteiger charge is -2.42. The SMILES string of the molecule is CCCCO[C@@H]1C[C@H]2[C@@H](CC[C@H](O)[C@@H]2C)CN(C#N)CCc2c1[nH]c1ccccc21. The summed E-state index contributed by atoms with van der Waals surface area (Å²) in [5, 5.41) is 21.6. The molecule has 30 heavy (non-hydrogen) atoms. The second-order valence-corrected chi connectivity index (χ2v) is 9.24. The molecule has 2 aromatic rings. The van der Waals surface area contributed by atoms with Gasteiger partial charge in [-0.2, -0.15) is 5.26 Å². The number of fused-ring (bicyclic) bond motifs is 4. The minimum atomic E-state index is -0.261. The molecule has 1 aromatic carbocycles. The van der Waals surface area contributed by atoms with E-state index >= 15 is 0 Å². The van der Waals surface area contributed by atoms with E-state index in [1.54, 1.807) is 0 Å². The molecule has 1 aliphatic heterocycles. The third-order valence-electron chi connectivity index (χ3n) is 7.42. The van der Waals surface area contributed by atoms with E-state index in [0.717, 1.165) is 63.7 Å². The molecule has 0 bridgehead atoms. The Morgan fingerprint density at radius 3 is 2.93 bits per heavy atom. The van der Waals surface area contributed by atoms with E-state index in [-0.39, 0.29) is 18.1 Å². The maximum absolute atomic E-state index is 10.6. The minimum absolute atomic E-state index is 0.00726. The number of aromatic amines is 1. The Kier molecular flexibility index (Phi) is 6.65. The van der Waals surface area contributed by atoms with Gasteiger partial charge in [0, 0.05) is 36.3 Å². The van der Waals surface area contributed by atoms with E-state index in [1.165, 1.54) is 16.6 Å². The first-order valence-corrected chi connectivity index (χ1v) is 11.7. The molecule has 2 N–H and O–H groups in total. The first-order valence-electron chi connectivity index (χ1n) is 11.7. The predicted molar refractivity (Wildman–Crippen MR) is 119 cm³/mol. The van der Waals surface area contributed by atoms with Gasteiger partial charge < -0.3 is 19.7 Å². The summed E-state index contributed by atoms with van der Waals surface area (Å²) in [6.45, 7) is 6.65. The van der Waals surface area contributed by atoms with Crippen LogP contribution in [0.4, 0.5) is 0 Å². The molecule has 5 heteroatoms. The zero-order valence-electron chi connectivity index (χ0n) is 18.3. The van der Waals surface area contributed by atoms with Crippen LogP contribution in [-0.4, -0.2) is 40.8 Å². The number of para-hydroxylation sites is 1. The first kappa shape index (κ1) is 21.2.